The molecule has 0 aliphatic heterocycles. The van der Waals surface area contributed by atoms with Gasteiger partial charge in [-0.05, 0) is 0 Å². The average Bonchev–Trinajstić information content (AvgIpc) is 3.82. The molecule has 6 aromatic carbocycles. The van der Waals surface area contributed by atoms with Crippen LogP contribution in [0.1, 0.15) is 60.0 Å². The van der Waals surface area contributed by atoms with Crippen LogP contribution in [0.15, 0.2) is 158 Å². The molecule has 226 valence electrons. The van der Waals surface area contributed by atoms with Crippen molar-refractivity contribution in [2.45, 2.75) is 15.5 Å². The quantitative estimate of drug-likeness (QED) is 0.231. The van der Waals surface area contributed by atoms with Gasteiger partial charge < -0.3 is 24.8 Å². The summed E-state index contributed by atoms with van der Waals surface area (Å²) < 4.78 is 0.508. The van der Waals surface area contributed by atoms with Crippen molar-refractivity contribution in [2.75, 3.05) is 0 Å². The Morgan fingerprint density at radius 3 is 1.55 bits per heavy atom. The summed E-state index contributed by atoms with van der Waals surface area (Å²) in [5.74, 6) is -0.868. The summed E-state index contributed by atoms with van der Waals surface area (Å²) in [5, 5.41) is 3.19. The molecule has 0 aromatic heterocycles. The minimum absolute atomic E-state index is 0. The first-order valence-corrected chi connectivity index (χ1v) is 23.4. The predicted octanol–water partition coefficient (Wildman–Crippen LogP) is 2.70. The molecule has 0 heterocycles. The topological polar surface area (TPSA) is 0 Å². The van der Waals surface area contributed by atoms with Crippen molar-refractivity contribution in [2.24, 2.45) is 0 Å². The fraction of sp³-hybridized carbons (Fsp3) is 0.0698. The normalized spacial score (nSPS) is 17.6. The van der Waals surface area contributed by atoms with Gasteiger partial charge in [0.25, 0.3) is 0 Å². The summed E-state index contributed by atoms with van der Waals surface area (Å²) in [6, 6.07) is 55.4. The van der Waals surface area contributed by atoms with Gasteiger partial charge in [-0.25, -0.2) is 0 Å². The number of rotatable bonds is 6. The van der Waals surface area contributed by atoms with Crippen molar-refractivity contribution >= 4 is 28.4 Å². The van der Waals surface area contributed by atoms with Crippen LogP contribution in [0.5, 0.6) is 0 Å². The Morgan fingerprint density at radius 1 is 0.404 bits per heavy atom. The number of fused-ring (bicyclic) bond motifs is 5. The molecule has 3 aliphatic carbocycles. The number of allylic oxidation sites excluding steroid dienone is 2. The summed E-state index contributed by atoms with van der Waals surface area (Å²) in [6.45, 7) is 0. The summed E-state index contributed by atoms with van der Waals surface area (Å²) in [5.41, 5.74) is 14.8. The molecule has 0 radical (unpaired) electrons. The van der Waals surface area contributed by atoms with Gasteiger partial charge in [0.05, 0.1) is 0 Å². The van der Waals surface area contributed by atoms with Crippen molar-refractivity contribution in [3.8, 4) is 11.1 Å². The van der Waals surface area contributed by atoms with E-state index in [0.29, 0.717) is 3.63 Å². The van der Waals surface area contributed by atoms with Gasteiger partial charge in [-0.2, -0.15) is 0 Å². The Labute approximate surface area is 302 Å². The molecule has 0 saturated carbocycles. The van der Waals surface area contributed by atoms with Crippen LogP contribution in [-0.2, 0) is 22.4 Å². The first kappa shape index (κ1) is 32.0. The molecule has 0 N–H and O–H groups in total. The van der Waals surface area contributed by atoms with E-state index in [0.717, 1.165) is 0 Å². The largest absolute Gasteiger partial charge is 1.00 e. The van der Waals surface area contributed by atoms with Crippen molar-refractivity contribution in [3.63, 3.8) is 0 Å². The minimum Gasteiger partial charge on any atom is -1.00 e. The van der Waals surface area contributed by atoms with Crippen molar-refractivity contribution in [1.82, 2.24) is 0 Å². The summed E-state index contributed by atoms with van der Waals surface area (Å²) >= 11 is -1.04. The third-order valence-corrected chi connectivity index (χ3v) is 24.1. The SMILES string of the molecule is C1=CC(c2ccc3c(c2C2C=Cc4ccccc42)[CH]([Zr+2][SiH](c2ccccc2)c2ccccc2)c2ccccc2-3)c2ccccc21.[Cl-].[Cl-]. The van der Waals surface area contributed by atoms with Crippen LogP contribution < -0.4 is 35.2 Å². The molecule has 0 spiro atoms. The Morgan fingerprint density at radius 2 is 0.915 bits per heavy atom. The van der Waals surface area contributed by atoms with Gasteiger partial charge in [0.15, 0.2) is 0 Å². The predicted molar refractivity (Wildman–Crippen MR) is 188 cm³/mol. The Hall–Kier alpha value is -3.52. The summed E-state index contributed by atoms with van der Waals surface area (Å²) in [4.78, 5) is 0. The van der Waals surface area contributed by atoms with Gasteiger partial charge in [0.1, 0.15) is 0 Å². The van der Waals surface area contributed by atoms with E-state index in [-0.39, 0.29) is 36.6 Å². The molecule has 6 aromatic rings. The zero-order chi connectivity index (χ0) is 29.7. The zero-order valence-corrected chi connectivity index (χ0v) is 30.9. The molecular weight excluding hydrogens is 707 g/mol. The van der Waals surface area contributed by atoms with E-state index in [1.54, 1.807) is 27.1 Å². The maximum Gasteiger partial charge on any atom is -1.00 e. The number of hydrogen-bond donors (Lipinski definition) is 0. The second-order valence-electron chi connectivity index (χ2n) is 12.4. The van der Waals surface area contributed by atoms with Crippen molar-refractivity contribution in [1.29, 1.82) is 0 Å². The molecule has 3 aliphatic rings. The molecule has 0 saturated heterocycles. The van der Waals surface area contributed by atoms with Gasteiger partial charge in [0.2, 0.25) is 0 Å². The van der Waals surface area contributed by atoms with Gasteiger partial charge in [-0.3, -0.25) is 0 Å². The van der Waals surface area contributed by atoms with E-state index in [1.807, 2.05) is 0 Å². The molecular formula is C43H32Cl2SiZr. The minimum atomic E-state index is -1.40. The second kappa shape index (κ2) is 13.5. The van der Waals surface area contributed by atoms with E-state index < -0.39 is 28.3 Å². The summed E-state index contributed by atoms with van der Waals surface area (Å²) in [7, 11) is 0. The molecule has 3 unspecified atom stereocenters. The van der Waals surface area contributed by atoms with Crippen LogP contribution in [0.25, 0.3) is 23.3 Å². The molecule has 9 rings (SSSR count). The number of halogens is 2. The third kappa shape index (κ3) is 5.50. The average molecular weight is 739 g/mol. The first-order valence-electron chi connectivity index (χ1n) is 16.0. The number of hydrogen-bond acceptors (Lipinski definition) is 0. The van der Waals surface area contributed by atoms with Crippen molar-refractivity contribution in [3.05, 3.63) is 202 Å². The first-order chi connectivity index (χ1) is 22.3. The Balaban J connectivity index is 0.00000176. The van der Waals surface area contributed by atoms with Crippen LogP contribution in [0.4, 0.5) is 0 Å². The van der Waals surface area contributed by atoms with Crippen LogP contribution in [0.3, 0.4) is 0 Å². The maximum absolute atomic E-state index is 2.49. The molecule has 0 bridgehead atoms. The fourth-order valence-corrected chi connectivity index (χ4v) is 22.7. The van der Waals surface area contributed by atoms with Crippen LogP contribution in [0.2, 0.25) is 0 Å². The molecule has 3 atom stereocenters. The van der Waals surface area contributed by atoms with E-state index in [2.05, 4.69) is 170 Å². The van der Waals surface area contributed by atoms with Gasteiger partial charge in [-0.1, -0.05) is 0 Å². The summed E-state index contributed by atoms with van der Waals surface area (Å²) in [6.07, 6.45) is 9.64. The molecule has 0 nitrogen and oxygen atoms in total. The van der Waals surface area contributed by atoms with E-state index in [1.165, 1.54) is 38.9 Å². The van der Waals surface area contributed by atoms with Crippen LogP contribution >= 0.6 is 0 Å². The van der Waals surface area contributed by atoms with Gasteiger partial charge in [0, 0.05) is 0 Å². The zero-order valence-electron chi connectivity index (χ0n) is 25.7. The van der Waals surface area contributed by atoms with Gasteiger partial charge in [-0.15, -0.1) is 0 Å². The van der Waals surface area contributed by atoms with E-state index in [9.17, 15) is 0 Å². The third-order valence-electron chi connectivity index (χ3n) is 10.0. The fourth-order valence-electron chi connectivity index (χ4n) is 8.00. The number of benzene rings is 6. The van der Waals surface area contributed by atoms with Crippen LogP contribution in [-0.4, -0.2) is 5.92 Å². The molecule has 47 heavy (non-hydrogen) atoms. The standard InChI is InChI=1S/C31H21.C12H11Si.2ClH.Zr/c1-4-10-23-20(7-1)13-15-26(23)29-18-17-27-25-12-6-3-9-22(25)19-30(27)31(29)28-16-14-21-8-2-5-11-24(21)28;1-3-7-11(8-4-1)13-12-9-5-2-6-10-12;;;/h1-19,26,28H;1-10,13H;2*1H;/q;;;;+2/p-2. The molecule has 0 fully saturated rings. The monoisotopic (exact) mass is 736 g/mol. The van der Waals surface area contributed by atoms with Crippen molar-refractivity contribution < 1.29 is 47.2 Å². The Bertz CT molecular complexity index is 2080. The Kier molecular flexibility index (Phi) is 9.23. The second-order valence-corrected chi connectivity index (χ2v) is 23.1. The van der Waals surface area contributed by atoms with Gasteiger partial charge >= 0.3 is 280 Å². The van der Waals surface area contributed by atoms with E-state index >= 15 is 0 Å². The van der Waals surface area contributed by atoms with Crippen LogP contribution in [0, 0.1) is 0 Å². The maximum atomic E-state index is 2.49. The van der Waals surface area contributed by atoms with E-state index in [4.69, 9.17) is 0 Å². The molecule has 0 amide bonds. The smallest absolute Gasteiger partial charge is 1.00 e. The molecule has 4 heteroatoms.